The number of hydrogen-bond donors (Lipinski definition) is 3. The van der Waals surface area contributed by atoms with Crippen molar-refractivity contribution < 1.29 is 43.0 Å². The average molecular weight is 783 g/mol. The van der Waals surface area contributed by atoms with E-state index in [9.17, 15) is 19.3 Å². The van der Waals surface area contributed by atoms with Gasteiger partial charge in [-0.3, -0.25) is 14.1 Å². The van der Waals surface area contributed by atoms with Crippen molar-refractivity contribution in [3.63, 3.8) is 0 Å². The molecule has 0 heterocycles. The first-order valence-corrected chi connectivity index (χ1v) is 22.9. The molecule has 0 rings (SSSR count). The first-order chi connectivity index (χ1) is 26.0. The van der Waals surface area contributed by atoms with Gasteiger partial charge in [0.25, 0.3) is 0 Å². The quantitative estimate of drug-likeness (QED) is 0.0242. The summed E-state index contributed by atoms with van der Waals surface area (Å²) < 4.78 is 26.3. The molecule has 54 heavy (non-hydrogen) atoms. The van der Waals surface area contributed by atoms with Crippen molar-refractivity contribution in [3.05, 3.63) is 48.6 Å². The zero-order valence-corrected chi connectivity index (χ0v) is 35.3. The summed E-state index contributed by atoms with van der Waals surface area (Å²) in [7, 11) is -4.78. The van der Waals surface area contributed by atoms with Gasteiger partial charge in [-0.1, -0.05) is 179 Å². The molecule has 9 nitrogen and oxygen atoms in total. The van der Waals surface area contributed by atoms with Crippen LogP contribution < -0.4 is 0 Å². The molecule has 0 amide bonds. The number of carbonyl (C=O) groups excluding carboxylic acids is 2. The summed E-state index contributed by atoms with van der Waals surface area (Å²) in [4.78, 5) is 42.8. The monoisotopic (exact) mass is 783 g/mol. The second kappa shape index (κ2) is 37.9. The van der Waals surface area contributed by atoms with E-state index in [0.717, 1.165) is 63.7 Å². The Morgan fingerprint density at radius 2 is 1.07 bits per heavy atom. The lowest BCUT2D eigenvalue weighted by Crippen LogP contribution is -2.29. The van der Waals surface area contributed by atoms with E-state index < -0.39 is 32.5 Å². The summed E-state index contributed by atoms with van der Waals surface area (Å²) in [6, 6.07) is 0. The summed E-state index contributed by atoms with van der Waals surface area (Å²) >= 11 is 0. The number of ether oxygens (including phenoxy) is 2. The summed E-state index contributed by atoms with van der Waals surface area (Å²) in [5, 5.41) is 9.79. The van der Waals surface area contributed by atoms with E-state index in [1.807, 2.05) is 24.3 Å². The molecule has 0 aliphatic rings. The summed E-state index contributed by atoms with van der Waals surface area (Å²) in [6.07, 6.45) is 41.8. The highest BCUT2D eigenvalue weighted by Crippen LogP contribution is 2.36. The Kier molecular flexibility index (Phi) is 36.4. The van der Waals surface area contributed by atoms with Gasteiger partial charge in [0, 0.05) is 12.8 Å². The largest absolute Gasteiger partial charge is 0.469 e. The molecule has 0 spiro atoms. The number of phosphoric acid groups is 1. The Balaban J connectivity index is 4.01. The van der Waals surface area contributed by atoms with Gasteiger partial charge in [-0.2, -0.15) is 0 Å². The maximum atomic E-state index is 12.4. The van der Waals surface area contributed by atoms with Gasteiger partial charge in [0.15, 0.2) is 6.10 Å². The molecule has 0 fully saturated rings. The Morgan fingerprint density at radius 1 is 0.593 bits per heavy atom. The second-order valence-corrected chi connectivity index (χ2v) is 16.2. The smallest absolute Gasteiger partial charge is 0.462 e. The summed E-state index contributed by atoms with van der Waals surface area (Å²) in [5.41, 5.74) is 0. The molecule has 2 atom stereocenters. The van der Waals surface area contributed by atoms with Gasteiger partial charge in [0.05, 0.1) is 12.7 Å². The Morgan fingerprint density at radius 3 is 1.59 bits per heavy atom. The fraction of sp³-hybridized carbons (Fsp3) is 0.773. The molecule has 0 aliphatic heterocycles. The number of esters is 2. The Hall–Kier alpha value is -2.03. The van der Waals surface area contributed by atoms with E-state index in [2.05, 4.69) is 49.6 Å². The average Bonchev–Trinajstić information content (AvgIpc) is 3.12. The van der Waals surface area contributed by atoms with Crippen LogP contribution in [0, 0.1) is 5.92 Å². The van der Waals surface area contributed by atoms with Crippen LogP contribution in [-0.4, -0.2) is 52.3 Å². The minimum Gasteiger partial charge on any atom is -0.462 e. The highest BCUT2D eigenvalue weighted by atomic mass is 31.2. The number of allylic oxidation sites excluding steroid dienone is 7. The third-order valence-electron chi connectivity index (χ3n) is 9.10. The number of unbranched alkanes of at least 4 members (excludes halogenated alkanes) is 16. The summed E-state index contributed by atoms with van der Waals surface area (Å²) in [5.74, 6) is -0.140. The van der Waals surface area contributed by atoms with Crippen molar-refractivity contribution in [3.8, 4) is 0 Å². The lowest BCUT2D eigenvalue weighted by Gasteiger charge is -2.18. The van der Waals surface area contributed by atoms with Gasteiger partial charge in [0.2, 0.25) is 0 Å². The van der Waals surface area contributed by atoms with Gasteiger partial charge >= 0.3 is 19.8 Å². The second-order valence-electron chi connectivity index (χ2n) is 15.0. The van der Waals surface area contributed by atoms with Crippen LogP contribution in [0.2, 0.25) is 0 Å². The fourth-order valence-corrected chi connectivity index (χ4v) is 6.22. The van der Waals surface area contributed by atoms with E-state index >= 15 is 0 Å². The molecule has 0 saturated carbocycles. The lowest BCUT2D eigenvalue weighted by molar-refractivity contribution is -0.161. The third-order valence-corrected chi connectivity index (χ3v) is 9.58. The van der Waals surface area contributed by atoms with Gasteiger partial charge < -0.3 is 24.4 Å². The van der Waals surface area contributed by atoms with Crippen LogP contribution in [0.25, 0.3) is 0 Å². The number of rotatable bonds is 38. The van der Waals surface area contributed by atoms with Crippen molar-refractivity contribution in [2.45, 2.75) is 200 Å². The van der Waals surface area contributed by atoms with Crippen molar-refractivity contribution in [2.24, 2.45) is 5.92 Å². The summed E-state index contributed by atoms with van der Waals surface area (Å²) in [6.45, 7) is 5.83. The van der Waals surface area contributed by atoms with Crippen molar-refractivity contribution in [1.82, 2.24) is 0 Å². The van der Waals surface area contributed by atoms with E-state index in [0.29, 0.717) is 19.3 Å². The highest BCUT2D eigenvalue weighted by molar-refractivity contribution is 7.46. The molecule has 0 unspecified atom stereocenters. The predicted molar refractivity (Wildman–Crippen MR) is 222 cm³/mol. The first kappa shape index (κ1) is 52.0. The van der Waals surface area contributed by atoms with Crippen LogP contribution in [0.3, 0.4) is 0 Å². The fourth-order valence-electron chi connectivity index (χ4n) is 5.86. The zero-order valence-electron chi connectivity index (χ0n) is 34.4. The first-order valence-electron chi connectivity index (χ1n) is 21.4. The number of hydrogen-bond acceptors (Lipinski definition) is 7. The lowest BCUT2D eigenvalue weighted by atomic mass is 10.0. The van der Waals surface area contributed by atoms with E-state index in [4.69, 9.17) is 19.3 Å². The molecule has 0 aliphatic carbocycles. The molecule has 314 valence electrons. The van der Waals surface area contributed by atoms with Crippen LogP contribution in [0.5, 0.6) is 0 Å². The SMILES string of the molecule is CCCC[C@H](O)/C=C\C/C=C\C/C=C\C/C=C\CCCC(=O)OC[C@H](COP(=O)(O)O)OC(=O)CCCCCCCCCCCCCCCCCC(C)C. The van der Waals surface area contributed by atoms with E-state index in [1.54, 1.807) is 0 Å². The van der Waals surface area contributed by atoms with Crippen LogP contribution >= 0.6 is 7.82 Å². The van der Waals surface area contributed by atoms with Gasteiger partial charge in [-0.25, -0.2) is 4.57 Å². The maximum absolute atomic E-state index is 12.4. The molecule has 0 aromatic rings. The van der Waals surface area contributed by atoms with Crippen LogP contribution in [0.15, 0.2) is 48.6 Å². The molecule has 3 N–H and O–H groups in total. The third kappa shape index (κ3) is 41.1. The van der Waals surface area contributed by atoms with Gasteiger partial charge in [0.1, 0.15) is 6.61 Å². The molecule has 0 aromatic heterocycles. The van der Waals surface area contributed by atoms with Crippen molar-refractivity contribution in [2.75, 3.05) is 13.2 Å². The topological polar surface area (TPSA) is 140 Å². The van der Waals surface area contributed by atoms with E-state index in [1.165, 1.54) is 77.0 Å². The van der Waals surface area contributed by atoms with E-state index in [-0.39, 0.29) is 25.6 Å². The molecule has 0 radical (unpaired) electrons. The molecule has 0 bridgehead atoms. The normalized spacial score (nSPS) is 13.6. The molecule has 0 saturated heterocycles. The van der Waals surface area contributed by atoms with Crippen LogP contribution in [0.1, 0.15) is 188 Å². The van der Waals surface area contributed by atoms with Crippen molar-refractivity contribution >= 4 is 19.8 Å². The molecular weight excluding hydrogens is 703 g/mol. The maximum Gasteiger partial charge on any atom is 0.469 e. The Bertz CT molecular complexity index is 1050. The number of carbonyl (C=O) groups is 2. The highest BCUT2D eigenvalue weighted by Gasteiger charge is 2.22. The Labute approximate surface area is 329 Å². The zero-order chi connectivity index (χ0) is 40.0. The molecule has 10 heteroatoms. The number of aliphatic hydroxyl groups excluding tert-OH is 1. The van der Waals surface area contributed by atoms with Gasteiger partial charge in [-0.05, 0) is 50.9 Å². The predicted octanol–water partition coefficient (Wildman–Crippen LogP) is 12.0. The standard InChI is InChI=1S/C44H79O9P/c1-4-5-34-41(45)35-30-26-22-18-14-11-12-15-19-23-27-31-36-43(46)51-38-42(39-52-54(48,49)50)53-44(47)37-32-28-24-20-16-10-8-6-7-9-13-17-21-25-29-33-40(2)3/h11-12,18-19,22-23,30,35,40-42,45H,4-10,13-17,20-21,24-29,31-34,36-39H2,1-3H3,(H2,48,49,50)/b12-11-,22-18-,23-19-,35-30-/t41-,42+/m0/s1. The molecular formula is C44H79O9P. The van der Waals surface area contributed by atoms with Crippen LogP contribution in [0.4, 0.5) is 0 Å². The minimum absolute atomic E-state index is 0.174. The van der Waals surface area contributed by atoms with Crippen LogP contribution in [-0.2, 0) is 28.2 Å². The van der Waals surface area contributed by atoms with Gasteiger partial charge in [-0.15, -0.1) is 0 Å². The number of aliphatic hydroxyl groups is 1. The van der Waals surface area contributed by atoms with Crippen molar-refractivity contribution in [1.29, 1.82) is 0 Å². The molecule has 0 aromatic carbocycles. The minimum atomic E-state index is -4.78. The number of phosphoric ester groups is 1.